The van der Waals surface area contributed by atoms with Gasteiger partial charge in [-0.25, -0.2) is 19.0 Å². The minimum atomic E-state index is -0.537. The number of carbonyl (C=O) groups is 2. The van der Waals surface area contributed by atoms with Crippen LogP contribution in [0.4, 0.5) is 5.82 Å². The van der Waals surface area contributed by atoms with Crippen molar-refractivity contribution in [3.63, 3.8) is 0 Å². The van der Waals surface area contributed by atoms with Crippen LogP contribution in [0.5, 0.6) is 0 Å². The lowest BCUT2D eigenvalue weighted by molar-refractivity contribution is 0.0527. The number of carbonyl (C=O) groups excluding carboxylic acids is 2. The molecule has 1 amide bonds. The zero-order chi connectivity index (χ0) is 26.8. The molecular formula is C29H28N6O3. The summed E-state index contributed by atoms with van der Waals surface area (Å²) in [5.74, 6) is -0.531. The normalized spacial score (nSPS) is 11.2. The second kappa shape index (κ2) is 10.3. The van der Waals surface area contributed by atoms with Gasteiger partial charge in [0.15, 0.2) is 11.5 Å². The summed E-state index contributed by atoms with van der Waals surface area (Å²) in [7, 11) is 0. The summed E-state index contributed by atoms with van der Waals surface area (Å²) in [5, 5.41) is 9.27. The molecule has 9 nitrogen and oxygen atoms in total. The van der Waals surface area contributed by atoms with Crippen molar-refractivity contribution in [1.82, 2.24) is 24.4 Å². The molecule has 2 aromatic carbocycles. The van der Waals surface area contributed by atoms with Gasteiger partial charge in [0.25, 0.3) is 5.91 Å². The van der Waals surface area contributed by atoms with Gasteiger partial charge in [0, 0.05) is 41.8 Å². The summed E-state index contributed by atoms with van der Waals surface area (Å²) in [6.45, 7) is 7.69. The molecule has 0 fully saturated rings. The maximum atomic E-state index is 13.6. The Labute approximate surface area is 220 Å². The molecule has 0 saturated carbocycles. The summed E-state index contributed by atoms with van der Waals surface area (Å²) in [6.07, 6.45) is 5.18. The molecule has 0 radical (unpaired) electrons. The lowest BCUT2D eigenvalue weighted by Gasteiger charge is -2.25. The van der Waals surface area contributed by atoms with Crippen molar-refractivity contribution in [2.45, 2.75) is 33.7 Å². The van der Waals surface area contributed by atoms with E-state index in [0.717, 1.165) is 28.2 Å². The van der Waals surface area contributed by atoms with Crippen LogP contribution < -0.4 is 4.90 Å². The summed E-state index contributed by atoms with van der Waals surface area (Å²) < 4.78 is 8.62. The number of aromatic nitrogens is 5. The molecule has 9 heteroatoms. The van der Waals surface area contributed by atoms with Crippen molar-refractivity contribution in [2.75, 3.05) is 11.5 Å². The monoisotopic (exact) mass is 508 g/mol. The van der Waals surface area contributed by atoms with Crippen LogP contribution in [0.1, 0.15) is 47.1 Å². The van der Waals surface area contributed by atoms with E-state index in [9.17, 15) is 9.59 Å². The quantitative estimate of drug-likeness (QED) is 0.283. The average molecular weight is 509 g/mol. The van der Waals surface area contributed by atoms with E-state index < -0.39 is 5.97 Å². The van der Waals surface area contributed by atoms with Crippen LogP contribution in [-0.2, 0) is 4.74 Å². The predicted molar refractivity (Wildman–Crippen MR) is 145 cm³/mol. The van der Waals surface area contributed by atoms with E-state index in [1.165, 1.54) is 4.90 Å². The minimum Gasteiger partial charge on any atom is -0.462 e. The van der Waals surface area contributed by atoms with E-state index in [1.807, 2.05) is 75.5 Å². The Morgan fingerprint density at radius 2 is 1.76 bits per heavy atom. The molecule has 192 valence electrons. The van der Waals surface area contributed by atoms with Gasteiger partial charge in [-0.1, -0.05) is 29.8 Å². The minimum absolute atomic E-state index is 0.208. The van der Waals surface area contributed by atoms with Crippen LogP contribution in [0.25, 0.3) is 22.6 Å². The number of hydrogen-bond donors (Lipinski definition) is 0. The molecule has 0 aliphatic rings. The highest BCUT2D eigenvalue weighted by atomic mass is 16.5. The molecular weight excluding hydrogens is 480 g/mol. The van der Waals surface area contributed by atoms with Crippen LogP contribution in [0.15, 0.2) is 79.3 Å². The summed E-state index contributed by atoms with van der Waals surface area (Å²) in [6, 6.07) is 18.5. The van der Waals surface area contributed by atoms with E-state index in [2.05, 4.69) is 10.1 Å². The third-order valence-corrected chi connectivity index (χ3v) is 6.12. The second-order valence-electron chi connectivity index (χ2n) is 9.17. The number of benzene rings is 2. The van der Waals surface area contributed by atoms with E-state index >= 15 is 0 Å². The van der Waals surface area contributed by atoms with Gasteiger partial charge in [0.1, 0.15) is 5.56 Å². The number of ether oxygens (including phenoxy) is 1. The maximum absolute atomic E-state index is 13.6. The molecule has 3 heterocycles. The van der Waals surface area contributed by atoms with Crippen molar-refractivity contribution >= 4 is 23.3 Å². The summed E-state index contributed by atoms with van der Waals surface area (Å²) >= 11 is 0. The van der Waals surface area contributed by atoms with E-state index in [4.69, 9.17) is 9.84 Å². The number of fused-ring (bicyclic) bond motifs is 1. The number of aryl methyl sites for hydroxylation is 1. The van der Waals surface area contributed by atoms with Gasteiger partial charge in [-0.2, -0.15) is 5.10 Å². The molecule has 0 bridgehead atoms. The molecule has 5 aromatic rings. The number of esters is 1. The average Bonchev–Trinajstić information content (AvgIpc) is 3.54. The first-order valence-corrected chi connectivity index (χ1v) is 12.4. The smallest absolute Gasteiger partial charge is 0.343 e. The van der Waals surface area contributed by atoms with Crippen molar-refractivity contribution in [2.24, 2.45) is 0 Å². The SMILES string of the molecule is CCOC(=O)c1cn(-c2ccc(-c3cc4ncccn4n3)cc2)nc1N(C(=O)c1ccc(C)cc1)C(C)C. The first-order valence-electron chi connectivity index (χ1n) is 12.4. The largest absolute Gasteiger partial charge is 0.462 e. The van der Waals surface area contributed by atoms with Crippen molar-refractivity contribution in [3.05, 3.63) is 95.9 Å². The predicted octanol–water partition coefficient (Wildman–Crippen LogP) is 5.12. The second-order valence-corrected chi connectivity index (χ2v) is 9.17. The van der Waals surface area contributed by atoms with Crippen LogP contribution in [0.3, 0.4) is 0 Å². The highest BCUT2D eigenvalue weighted by Crippen LogP contribution is 2.27. The standard InChI is InChI=1S/C29H28N6O3/c1-5-38-29(37)24-18-34(32-27(24)35(19(2)3)28(36)22-9-7-20(4)8-10-22)23-13-11-21(12-14-23)25-17-26-30-15-6-16-33(26)31-25/h6-19H,5H2,1-4H3. The van der Waals surface area contributed by atoms with Gasteiger partial charge in [0.05, 0.1) is 18.0 Å². The molecule has 5 rings (SSSR count). The topological polar surface area (TPSA) is 94.6 Å². The van der Waals surface area contributed by atoms with Gasteiger partial charge < -0.3 is 4.74 Å². The van der Waals surface area contributed by atoms with Crippen molar-refractivity contribution < 1.29 is 14.3 Å². The number of amides is 1. The molecule has 0 spiro atoms. The zero-order valence-electron chi connectivity index (χ0n) is 21.7. The summed E-state index contributed by atoms with van der Waals surface area (Å²) in [4.78, 5) is 32.3. The van der Waals surface area contributed by atoms with E-state index in [-0.39, 0.29) is 29.9 Å². The molecule has 0 atom stereocenters. The Bertz CT molecular complexity index is 1570. The first-order chi connectivity index (χ1) is 18.4. The number of rotatable bonds is 7. The Morgan fingerprint density at radius 3 is 2.42 bits per heavy atom. The summed E-state index contributed by atoms with van der Waals surface area (Å²) in [5.41, 5.74) is 4.97. The Morgan fingerprint density at radius 1 is 1.03 bits per heavy atom. The third-order valence-electron chi connectivity index (χ3n) is 6.12. The fraction of sp³-hybridized carbons (Fsp3) is 0.207. The van der Waals surface area contributed by atoms with Crippen LogP contribution in [0.2, 0.25) is 0 Å². The Hall–Kier alpha value is -4.79. The fourth-order valence-corrected chi connectivity index (χ4v) is 4.19. The number of nitrogens with zero attached hydrogens (tertiary/aromatic N) is 6. The van der Waals surface area contributed by atoms with Gasteiger partial charge in [0.2, 0.25) is 0 Å². The number of anilines is 1. The molecule has 0 aliphatic heterocycles. The molecule has 38 heavy (non-hydrogen) atoms. The third kappa shape index (κ3) is 4.78. The first kappa shape index (κ1) is 24.9. The molecule has 0 N–H and O–H groups in total. The molecule has 0 aliphatic carbocycles. The van der Waals surface area contributed by atoms with E-state index in [1.54, 1.807) is 40.6 Å². The van der Waals surface area contributed by atoms with Gasteiger partial charge in [-0.15, -0.1) is 5.10 Å². The lowest BCUT2D eigenvalue weighted by atomic mass is 10.1. The van der Waals surface area contributed by atoms with Crippen molar-refractivity contribution in [1.29, 1.82) is 0 Å². The van der Waals surface area contributed by atoms with Gasteiger partial charge >= 0.3 is 5.97 Å². The zero-order valence-corrected chi connectivity index (χ0v) is 21.7. The molecule has 3 aromatic heterocycles. The van der Waals surface area contributed by atoms with Gasteiger partial charge in [-0.3, -0.25) is 9.69 Å². The van der Waals surface area contributed by atoms with Crippen LogP contribution in [0, 0.1) is 6.92 Å². The number of hydrogen-bond acceptors (Lipinski definition) is 6. The van der Waals surface area contributed by atoms with Crippen LogP contribution in [-0.4, -0.2) is 48.9 Å². The van der Waals surface area contributed by atoms with E-state index in [0.29, 0.717) is 5.56 Å². The lowest BCUT2D eigenvalue weighted by Crippen LogP contribution is -2.38. The molecule has 0 saturated heterocycles. The highest BCUT2D eigenvalue weighted by Gasteiger charge is 2.29. The fourth-order valence-electron chi connectivity index (χ4n) is 4.19. The van der Waals surface area contributed by atoms with Crippen LogP contribution >= 0.6 is 0 Å². The Balaban J connectivity index is 1.53. The van der Waals surface area contributed by atoms with Gasteiger partial charge in [-0.05, 0) is 58.0 Å². The maximum Gasteiger partial charge on any atom is 0.343 e. The van der Waals surface area contributed by atoms with Crippen molar-refractivity contribution in [3.8, 4) is 16.9 Å². The highest BCUT2D eigenvalue weighted by molar-refractivity contribution is 6.09. The Kier molecular flexibility index (Phi) is 6.74. The molecule has 0 unspecified atom stereocenters.